The van der Waals surface area contributed by atoms with Gasteiger partial charge >= 0.3 is 5.97 Å². The maximum Gasteiger partial charge on any atom is 0.316 e. The Morgan fingerprint density at radius 1 is 1.09 bits per heavy atom. The first-order valence-electron chi connectivity index (χ1n) is 12.2. The maximum absolute atomic E-state index is 13.0. The third-order valence-electron chi connectivity index (χ3n) is 6.52. The van der Waals surface area contributed by atoms with Gasteiger partial charge in [0, 0.05) is 23.2 Å². The number of carbonyl (C=O) groups is 3. The zero-order valence-corrected chi connectivity index (χ0v) is 22.0. The molecule has 1 aliphatic rings. The smallest absolute Gasteiger partial charge is 0.316 e. The van der Waals surface area contributed by atoms with Gasteiger partial charge in [0.15, 0.2) is 0 Å². The molecule has 0 aliphatic heterocycles. The Labute approximate surface area is 212 Å². The summed E-state index contributed by atoms with van der Waals surface area (Å²) in [6.45, 7) is 9.93. The minimum Gasteiger partial charge on any atom is -0.461 e. The summed E-state index contributed by atoms with van der Waals surface area (Å²) in [5.74, 6) is 0.966. The van der Waals surface area contributed by atoms with Crippen molar-refractivity contribution >= 4 is 40.9 Å². The van der Waals surface area contributed by atoms with Crippen molar-refractivity contribution in [3.05, 3.63) is 53.6 Å². The van der Waals surface area contributed by atoms with Crippen LogP contribution in [-0.4, -0.2) is 29.6 Å². The molecule has 1 aliphatic carbocycles. The van der Waals surface area contributed by atoms with E-state index < -0.39 is 0 Å². The number of rotatable bonds is 8. The van der Waals surface area contributed by atoms with Crippen molar-refractivity contribution in [2.45, 2.75) is 64.9 Å². The van der Waals surface area contributed by atoms with Gasteiger partial charge in [-0.25, -0.2) is 0 Å². The van der Waals surface area contributed by atoms with E-state index in [1.54, 1.807) is 24.3 Å². The number of esters is 1. The van der Waals surface area contributed by atoms with Gasteiger partial charge in [0.1, 0.15) is 6.10 Å². The van der Waals surface area contributed by atoms with Gasteiger partial charge in [-0.2, -0.15) is 0 Å². The highest BCUT2D eigenvalue weighted by atomic mass is 32.2. The van der Waals surface area contributed by atoms with Crippen molar-refractivity contribution in [3.63, 3.8) is 0 Å². The standard InChI is InChI=1S/C28H36N2O4S/c1-17(2)22-12-10-18(3)14-25(22)34-27(32)16-35-26-9-7-6-8-23(26)28(33)30-21-11-13-24(19(4)15-21)29-20(5)31/h6-9,11,13,15,17-18,22,25H,10,12,14,16H2,1-5H3,(H,29,31)(H,30,33). The Morgan fingerprint density at radius 2 is 1.83 bits per heavy atom. The number of nitrogens with one attached hydrogen (secondary N) is 2. The number of amides is 2. The molecule has 0 heterocycles. The molecule has 7 heteroatoms. The van der Waals surface area contributed by atoms with Crippen molar-refractivity contribution in [1.82, 2.24) is 0 Å². The first kappa shape index (κ1) is 26.8. The fourth-order valence-electron chi connectivity index (χ4n) is 4.64. The second-order valence-corrected chi connectivity index (χ2v) is 10.8. The molecule has 1 fully saturated rings. The van der Waals surface area contributed by atoms with Crippen molar-refractivity contribution in [3.8, 4) is 0 Å². The lowest BCUT2D eigenvalue weighted by Crippen LogP contribution is -2.36. The molecule has 3 unspecified atom stereocenters. The highest BCUT2D eigenvalue weighted by molar-refractivity contribution is 8.00. The summed E-state index contributed by atoms with van der Waals surface area (Å²) in [4.78, 5) is 37.8. The molecule has 0 aromatic heterocycles. The molecule has 188 valence electrons. The zero-order chi connectivity index (χ0) is 25.5. The summed E-state index contributed by atoms with van der Waals surface area (Å²) >= 11 is 1.32. The van der Waals surface area contributed by atoms with E-state index in [0.717, 1.165) is 23.3 Å². The number of anilines is 2. The molecule has 2 N–H and O–H groups in total. The van der Waals surface area contributed by atoms with Gasteiger partial charge in [-0.1, -0.05) is 39.3 Å². The second-order valence-electron chi connectivity index (χ2n) is 9.80. The van der Waals surface area contributed by atoms with E-state index in [1.165, 1.54) is 25.1 Å². The van der Waals surface area contributed by atoms with Gasteiger partial charge in [-0.3, -0.25) is 14.4 Å². The average molecular weight is 497 g/mol. The van der Waals surface area contributed by atoms with Crippen LogP contribution in [0.15, 0.2) is 47.4 Å². The summed E-state index contributed by atoms with van der Waals surface area (Å²) in [5, 5.41) is 5.68. The highest BCUT2D eigenvalue weighted by Crippen LogP contribution is 2.35. The van der Waals surface area contributed by atoms with Crippen LogP contribution in [0.3, 0.4) is 0 Å². The Hall–Kier alpha value is -2.80. The summed E-state index contributed by atoms with van der Waals surface area (Å²) < 4.78 is 5.91. The second kappa shape index (κ2) is 12.2. The molecule has 3 rings (SSSR count). The quantitative estimate of drug-likeness (QED) is 0.331. The maximum atomic E-state index is 13.0. The fourth-order valence-corrected chi connectivity index (χ4v) is 5.47. The van der Waals surface area contributed by atoms with E-state index >= 15 is 0 Å². The van der Waals surface area contributed by atoms with Crippen LogP contribution in [0.4, 0.5) is 11.4 Å². The van der Waals surface area contributed by atoms with Crippen LogP contribution >= 0.6 is 11.8 Å². The number of hydrogen-bond acceptors (Lipinski definition) is 5. The van der Waals surface area contributed by atoms with Crippen LogP contribution in [0, 0.1) is 24.7 Å². The van der Waals surface area contributed by atoms with Gasteiger partial charge in [-0.05, 0) is 73.4 Å². The van der Waals surface area contributed by atoms with Crippen molar-refractivity contribution in [1.29, 1.82) is 0 Å². The average Bonchev–Trinajstić information content (AvgIpc) is 2.79. The number of ether oxygens (including phenoxy) is 1. The SMILES string of the molecule is CC(=O)Nc1ccc(NC(=O)c2ccccc2SCC(=O)OC2CC(C)CCC2C(C)C)cc1C. The van der Waals surface area contributed by atoms with E-state index in [-0.39, 0.29) is 29.6 Å². The Kier molecular flexibility index (Phi) is 9.38. The van der Waals surface area contributed by atoms with Gasteiger partial charge in [0.25, 0.3) is 5.91 Å². The van der Waals surface area contributed by atoms with Crippen LogP contribution in [0.5, 0.6) is 0 Å². The molecule has 1 saturated carbocycles. The lowest BCUT2D eigenvalue weighted by molar-refractivity contribution is -0.152. The predicted molar refractivity (Wildman–Crippen MR) is 142 cm³/mol. The number of carbonyl (C=O) groups excluding carboxylic acids is 3. The molecule has 0 radical (unpaired) electrons. The monoisotopic (exact) mass is 496 g/mol. The minimum absolute atomic E-state index is 0.0332. The van der Waals surface area contributed by atoms with Crippen LogP contribution in [-0.2, 0) is 14.3 Å². The van der Waals surface area contributed by atoms with Gasteiger partial charge < -0.3 is 15.4 Å². The van der Waals surface area contributed by atoms with Crippen LogP contribution < -0.4 is 10.6 Å². The molecule has 35 heavy (non-hydrogen) atoms. The van der Waals surface area contributed by atoms with E-state index in [1.807, 2.05) is 25.1 Å². The lowest BCUT2D eigenvalue weighted by Gasteiger charge is -2.36. The molecule has 0 bridgehead atoms. The number of hydrogen-bond donors (Lipinski definition) is 2. The fraction of sp³-hybridized carbons (Fsp3) is 0.464. The van der Waals surface area contributed by atoms with Gasteiger partial charge in [-0.15, -0.1) is 11.8 Å². The molecule has 2 aromatic rings. The van der Waals surface area contributed by atoms with E-state index in [4.69, 9.17) is 4.74 Å². The first-order chi connectivity index (χ1) is 16.6. The molecule has 6 nitrogen and oxygen atoms in total. The molecule has 3 atom stereocenters. The van der Waals surface area contributed by atoms with Crippen molar-refractivity contribution in [2.24, 2.45) is 17.8 Å². The Balaban J connectivity index is 1.62. The predicted octanol–water partition coefficient (Wildman–Crippen LogP) is 6.30. The van der Waals surface area contributed by atoms with Gasteiger partial charge in [0.2, 0.25) is 5.91 Å². The zero-order valence-electron chi connectivity index (χ0n) is 21.2. The Morgan fingerprint density at radius 3 is 2.51 bits per heavy atom. The number of benzene rings is 2. The first-order valence-corrected chi connectivity index (χ1v) is 13.2. The molecule has 0 saturated heterocycles. The number of thioether (sulfide) groups is 1. The molecular weight excluding hydrogens is 460 g/mol. The van der Waals surface area contributed by atoms with Crippen LogP contribution in [0.2, 0.25) is 0 Å². The largest absolute Gasteiger partial charge is 0.461 e. The molecule has 2 aromatic carbocycles. The summed E-state index contributed by atoms with van der Waals surface area (Å²) in [6.07, 6.45) is 3.16. The minimum atomic E-state index is -0.255. The van der Waals surface area contributed by atoms with Crippen molar-refractivity contribution < 1.29 is 19.1 Å². The number of aryl methyl sites for hydroxylation is 1. The third kappa shape index (κ3) is 7.59. The molecule has 2 amide bonds. The molecule has 0 spiro atoms. The highest BCUT2D eigenvalue weighted by Gasteiger charge is 2.33. The van der Waals surface area contributed by atoms with Gasteiger partial charge in [0.05, 0.1) is 11.3 Å². The van der Waals surface area contributed by atoms with Crippen LogP contribution in [0.25, 0.3) is 0 Å². The van der Waals surface area contributed by atoms with E-state index in [2.05, 4.69) is 31.4 Å². The lowest BCUT2D eigenvalue weighted by atomic mass is 9.75. The van der Waals surface area contributed by atoms with Crippen LogP contribution in [0.1, 0.15) is 62.9 Å². The molecular formula is C28H36N2O4S. The summed E-state index contributed by atoms with van der Waals surface area (Å²) in [5.41, 5.74) is 2.68. The third-order valence-corrected chi connectivity index (χ3v) is 7.56. The van der Waals surface area contributed by atoms with Crippen molar-refractivity contribution in [2.75, 3.05) is 16.4 Å². The van der Waals surface area contributed by atoms with E-state index in [9.17, 15) is 14.4 Å². The summed E-state index contributed by atoms with van der Waals surface area (Å²) in [7, 11) is 0. The summed E-state index contributed by atoms with van der Waals surface area (Å²) in [6, 6.07) is 12.6. The Bertz CT molecular complexity index is 1070. The topological polar surface area (TPSA) is 84.5 Å². The normalized spacial score (nSPS) is 19.8. The van der Waals surface area contributed by atoms with E-state index in [0.29, 0.717) is 34.7 Å².